The molecule has 1 atom stereocenters. The van der Waals surface area contributed by atoms with Gasteiger partial charge in [0.2, 0.25) is 5.91 Å². The van der Waals surface area contributed by atoms with Crippen molar-refractivity contribution in [3.63, 3.8) is 0 Å². The quantitative estimate of drug-likeness (QED) is 0.468. The zero-order valence-electron chi connectivity index (χ0n) is 15.9. The lowest BCUT2D eigenvalue weighted by Gasteiger charge is -2.10. The first-order valence-electron chi connectivity index (χ1n) is 9.29. The van der Waals surface area contributed by atoms with Crippen LogP contribution in [0.15, 0.2) is 59.6 Å². The van der Waals surface area contributed by atoms with E-state index in [0.29, 0.717) is 17.9 Å². The second kappa shape index (κ2) is 9.42. The minimum absolute atomic E-state index is 0.00704. The van der Waals surface area contributed by atoms with Crippen LogP contribution in [0.1, 0.15) is 12.8 Å². The fraction of sp³-hybridized carbons (Fsp3) is 0.300. The monoisotopic (exact) mass is 416 g/mol. The lowest BCUT2D eigenvalue weighted by Crippen LogP contribution is -2.36. The van der Waals surface area contributed by atoms with Gasteiger partial charge in [0.25, 0.3) is 0 Å². The van der Waals surface area contributed by atoms with Gasteiger partial charge in [-0.3, -0.25) is 9.79 Å². The summed E-state index contributed by atoms with van der Waals surface area (Å²) in [5.74, 6) is 1.46. The van der Waals surface area contributed by atoms with Gasteiger partial charge in [-0.05, 0) is 30.7 Å². The molecule has 1 fully saturated rings. The van der Waals surface area contributed by atoms with Crippen LogP contribution in [0.4, 0.5) is 5.69 Å². The van der Waals surface area contributed by atoms with Crippen molar-refractivity contribution < 1.29 is 17.9 Å². The minimum atomic E-state index is -3.02. The lowest BCUT2D eigenvalue weighted by molar-refractivity contribution is -0.121. The SMILES string of the molecule is NC(=NCCC(=O)NC1CCS(=O)(=O)C1)Nc1cccc(Oc2ccccc2)c1. The van der Waals surface area contributed by atoms with Crippen molar-refractivity contribution in [2.45, 2.75) is 18.9 Å². The van der Waals surface area contributed by atoms with E-state index in [1.165, 1.54) is 0 Å². The molecule has 4 N–H and O–H groups in total. The van der Waals surface area contributed by atoms with E-state index in [1.807, 2.05) is 48.5 Å². The first kappa shape index (κ1) is 20.7. The lowest BCUT2D eigenvalue weighted by atomic mass is 10.2. The molecule has 1 unspecified atom stereocenters. The van der Waals surface area contributed by atoms with Gasteiger partial charge in [0, 0.05) is 24.2 Å². The third-order valence-electron chi connectivity index (χ3n) is 4.30. The van der Waals surface area contributed by atoms with Gasteiger partial charge in [-0.1, -0.05) is 24.3 Å². The molecule has 2 aromatic rings. The number of nitrogens with zero attached hydrogens (tertiary/aromatic N) is 1. The number of sulfone groups is 1. The Morgan fingerprint density at radius 1 is 1.14 bits per heavy atom. The zero-order chi connectivity index (χ0) is 20.7. The number of ether oxygens (including phenoxy) is 1. The third-order valence-corrected chi connectivity index (χ3v) is 6.07. The van der Waals surface area contributed by atoms with Gasteiger partial charge in [-0.2, -0.15) is 0 Å². The van der Waals surface area contributed by atoms with Gasteiger partial charge >= 0.3 is 0 Å². The number of carbonyl (C=O) groups is 1. The molecule has 0 aromatic heterocycles. The number of hydrogen-bond acceptors (Lipinski definition) is 5. The maximum Gasteiger partial charge on any atom is 0.222 e. The number of benzene rings is 2. The average molecular weight is 417 g/mol. The van der Waals surface area contributed by atoms with Crippen LogP contribution in [-0.2, 0) is 14.6 Å². The summed E-state index contributed by atoms with van der Waals surface area (Å²) < 4.78 is 28.6. The van der Waals surface area contributed by atoms with E-state index in [1.54, 1.807) is 6.07 Å². The largest absolute Gasteiger partial charge is 0.457 e. The number of para-hydroxylation sites is 1. The summed E-state index contributed by atoms with van der Waals surface area (Å²) >= 11 is 0. The molecule has 8 nitrogen and oxygen atoms in total. The van der Waals surface area contributed by atoms with E-state index in [4.69, 9.17) is 10.5 Å². The molecule has 9 heteroatoms. The Hall–Kier alpha value is -3.07. The van der Waals surface area contributed by atoms with Gasteiger partial charge in [-0.15, -0.1) is 0 Å². The van der Waals surface area contributed by atoms with Gasteiger partial charge < -0.3 is 21.1 Å². The maximum absolute atomic E-state index is 11.9. The molecular weight excluding hydrogens is 392 g/mol. The molecule has 1 amide bonds. The highest BCUT2D eigenvalue weighted by Gasteiger charge is 2.28. The second-order valence-electron chi connectivity index (χ2n) is 6.75. The highest BCUT2D eigenvalue weighted by Crippen LogP contribution is 2.23. The molecule has 0 radical (unpaired) electrons. The van der Waals surface area contributed by atoms with Crippen LogP contribution in [0.25, 0.3) is 0 Å². The number of aliphatic imine (C=N–C) groups is 1. The molecule has 1 aliphatic heterocycles. The molecule has 0 bridgehead atoms. The van der Waals surface area contributed by atoms with Crippen LogP contribution in [-0.4, -0.2) is 44.4 Å². The molecule has 1 aliphatic rings. The van der Waals surface area contributed by atoms with Crippen molar-refractivity contribution in [1.82, 2.24) is 5.32 Å². The Kier molecular flexibility index (Phi) is 6.71. The van der Waals surface area contributed by atoms with Crippen molar-refractivity contribution >= 4 is 27.4 Å². The first-order chi connectivity index (χ1) is 13.9. The summed E-state index contributed by atoms with van der Waals surface area (Å²) in [5.41, 5.74) is 6.59. The highest BCUT2D eigenvalue weighted by atomic mass is 32.2. The topological polar surface area (TPSA) is 123 Å². The summed E-state index contributed by atoms with van der Waals surface area (Å²) in [6.45, 7) is 0.199. The summed E-state index contributed by atoms with van der Waals surface area (Å²) in [5, 5.41) is 5.69. The first-order valence-corrected chi connectivity index (χ1v) is 11.1. The minimum Gasteiger partial charge on any atom is -0.457 e. The normalized spacial score (nSPS) is 18.2. The van der Waals surface area contributed by atoms with E-state index in [9.17, 15) is 13.2 Å². The molecular formula is C20H24N4O4S. The van der Waals surface area contributed by atoms with E-state index in [2.05, 4.69) is 15.6 Å². The molecule has 1 heterocycles. The number of carbonyl (C=O) groups excluding carboxylic acids is 1. The van der Waals surface area contributed by atoms with Crippen molar-refractivity contribution in [3.8, 4) is 11.5 Å². The number of rotatable bonds is 7. The summed E-state index contributed by atoms with van der Waals surface area (Å²) in [6.07, 6.45) is 0.596. The number of nitrogens with one attached hydrogen (secondary N) is 2. The fourth-order valence-corrected chi connectivity index (χ4v) is 4.61. The molecule has 0 aliphatic carbocycles. The van der Waals surface area contributed by atoms with Crippen molar-refractivity contribution in [2.75, 3.05) is 23.4 Å². The molecule has 29 heavy (non-hydrogen) atoms. The number of nitrogens with two attached hydrogens (primary N) is 1. The van der Waals surface area contributed by atoms with Crippen LogP contribution >= 0.6 is 0 Å². The standard InChI is InChI=1S/C20H24N4O4S/c21-20(22-11-9-19(25)23-16-10-12-29(26,27)14-16)24-15-5-4-8-18(13-15)28-17-6-2-1-3-7-17/h1-8,13,16H,9-12,14H2,(H,23,25)(H3,21,22,24). The Labute approximate surface area is 170 Å². The van der Waals surface area contributed by atoms with Gasteiger partial charge in [-0.25, -0.2) is 8.42 Å². The number of amides is 1. The van der Waals surface area contributed by atoms with Crippen molar-refractivity contribution in [3.05, 3.63) is 54.6 Å². The predicted octanol–water partition coefficient (Wildman–Crippen LogP) is 1.90. The van der Waals surface area contributed by atoms with Crippen LogP contribution in [0.2, 0.25) is 0 Å². The van der Waals surface area contributed by atoms with Gasteiger partial charge in [0.15, 0.2) is 15.8 Å². The summed E-state index contributed by atoms with van der Waals surface area (Å²) in [7, 11) is -3.02. The molecule has 154 valence electrons. The number of anilines is 1. The predicted molar refractivity (Wildman–Crippen MR) is 113 cm³/mol. The summed E-state index contributed by atoms with van der Waals surface area (Å²) in [6, 6.07) is 16.4. The fourth-order valence-electron chi connectivity index (χ4n) is 2.94. The Balaban J connectivity index is 1.46. The Morgan fingerprint density at radius 3 is 2.62 bits per heavy atom. The highest BCUT2D eigenvalue weighted by molar-refractivity contribution is 7.91. The van der Waals surface area contributed by atoms with Crippen LogP contribution in [0, 0.1) is 0 Å². The summed E-state index contributed by atoms with van der Waals surface area (Å²) in [4.78, 5) is 16.1. The van der Waals surface area contributed by atoms with E-state index >= 15 is 0 Å². The van der Waals surface area contributed by atoms with Gasteiger partial charge in [0.05, 0.1) is 18.1 Å². The van der Waals surface area contributed by atoms with Crippen LogP contribution < -0.4 is 21.1 Å². The van der Waals surface area contributed by atoms with E-state index in [-0.39, 0.29) is 42.4 Å². The van der Waals surface area contributed by atoms with Crippen LogP contribution in [0.3, 0.4) is 0 Å². The maximum atomic E-state index is 11.9. The smallest absolute Gasteiger partial charge is 0.222 e. The molecule has 1 saturated heterocycles. The van der Waals surface area contributed by atoms with E-state index < -0.39 is 9.84 Å². The van der Waals surface area contributed by atoms with Crippen LogP contribution in [0.5, 0.6) is 11.5 Å². The molecule has 0 spiro atoms. The van der Waals surface area contributed by atoms with Crippen molar-refractivity contribution in [2.24, 2.45) is 10.7 Å². The number of hydrogen-bond donors (Lipinski definition) is 3. The van der Waals surface area contributed by atoms with E-state index in [0.717, 1.165) is 5.75 Å². The molecule has 2 aromatic carbocycles. The Bertz CT molecular complexity index is 977. The van der Waals surface area contributed by atoms with Gasteiger partial charge in [0.1, 0.15) is 11.5 Å². The Morgan fingerprint density at radius 2 is 1.90 bits per heavy atom. The third kappa shape index (κ3) is 6.79. The average Bonchev–Trinajstić information content (AvgIpc) is 3.01. The zero-order valence-corrected chi connectivity index (χ0v) is 16.7. The molecule has 3 rings (SSSR count). The van der Waals surface area contributed by atoms with Crippen molar-refractivity contribution in [1.29, 1.82) is 0 Å². The molecule has 0 saturated carbocycles. The second-order valence-corrected chi connectivity index (χ2v) is 8.98. The number of guanidine groups is 1.